The molecule has 0 saturated heterocycles. The molecule has 0 bridgehead atoms. The van der Waals surface area contributed by atoms with Crippen molar-refractivity contribution in [3.05, 3.63) is 59.9 Å². The van der Waals surface area contributed by atoms with E-state index in [1.165, 1.54) is 17.0 Å². The van der Waals surface area contributed by atoms with Crippen molar-refractivity contribution in [2.24, 2.45) is 0 Å². The van der Waals surface area contributed by atoms with Gasteiger partial charge in [0.25, 0.3) is 5.91 Å². The smallest absolute Gasteiger partial charge is 0.261 e. The van der Waals surface area contributed by atoms with Gasteiger partial charge in [0.2, 0.25) is 5.91 Å². The fourth-order valence-corrected chi connectivity index (χ4v) is 3.18. The zero-order valence-corrected chi connectivity index (χ0v) is 18.4. The van der Waals surface area contributed by atoms with Gasteiger partial charge in [0.15, 0.2) is 18.2 Å². The lowest BCUT2D eigenvalue weighted by atomic mass is 10.1. The molecule has 0 aliphatic heterocycles. The topological polar surface area (TPSA) is 67.9 Å². The summed E-state index contributed by atoms with van der Waals surface area (Å²) in [5.41, 5.74) is 0.818. The normalized spacial score (nSPS) is 11.5. The number of para-hydroxylation sites is 1. The average molecular weight is 431 g/mol. The van der Waals surface area contributed by atoms with Crippen LogP contribution in [0, 0.1) is 5.82 Å². The number of unbranched alkanes of at least 4 members (excludes halogenated alkanes) is 1. The number of benzene rings is 2. The van der Waals surface area contributed by atoms with Gasteiger partial charge >= 0.3 is 0 Å². The highest BCUT2D eigenvalue weighted by Crippen LogP contribution is 2.19. The van der Waals surface area contributed by atoms with Gasteiger partial charge in [0.1, 0.15) is 11.8 Å². The Morgan fingerprint density at radius 2 is 1.90 bits per heavy atom. The average Bonchev–Trinajstić information content (AvgIpc) is 2.78. The molecule has 0 aliphatic carbocycles. The Kier molecular flexibility index (Phi) is 9.81. The lowest BCUT2D eigenvalue weighted by molar-refractivity contribution is -0.143. The molecule has 0 unspecified atom stereocenters. The van der Waals surface area contributed by atoms with Gasteiger partial charge in [-0.1, -0.05) is 44.5 Å². The summed E-state index contributed by atoms with van der Waals surface area (Å²) in [5, 5.41) is 2.90. The van der Waals surface area contributed by atoms with Crippen LogP contribution in [0.2, 0.25) is 0 Å². The zero-order valence-electron chi connectivity index (χ0n) is 18.4. The second kappa shape index (κ2) is 12.6. The number of methoxy groups -OCH3 is 1. The van der Waals surface area contributed by atoms with Crippen molar-refractivity contribution in [2.75, 3.05) is 20.3 Å². The third-order valence-electron chi connectivity index (χ3n) is 4.89. The Bertz CT molecular complexity index is 859. The van der Waals surface area contributed by atoms with Crippen LogP contribution in [0.4, 0.5) is 4.39 Å². The van der Waals surface area contributed by atoms with Crippen molar-refractivity contribution in [2.45, 2.75) is 45.7 Å². The van der Waals surface area contributed by atoms with Crippen molar-refractivity contribution >= 4 is 11.8 Å². The van der Waals surface area contributed by atoms with E-state index in [1.807, 2.05) is 38.1 Å². The van der Waals surface area contributed by atoms with Gasteiger partial charge in [-0.2, -0.15) is 0 Å². The number of hydrogen-bond donors (Lipinski definition) is 1. The lowest BCUT2D eigenvalue weighted by Gasteiger charge is -2.30. The third kappa shape index (κ3) is 7.27. The predicted molar refractivity (Wildman–Crippen MR) is 117 cm³/mol. The van der Waals surface area contributed by atoms with Crippen molar-refractivity contribution in [3.8, 4) is 11.5 Å². The van der Waals surface area contributed by atoms with Crippen LogP contribution in [0.3, 0.4) is 0 Å². The summed E-state index contributed by atoms with van der Waals surface area (Å²) in [6, 6.07) is 12.6. The van der Waals surface area contributed by atoms with Crippen LogP contribution in [0.25, 0.3) is 0 Å². The van der Waals surface area contributed by atoms with Crippen molar-refractivity contribution in [3.63, 3.8) is 0 Å². The van der Waals surface area contributed by atoms with Crippen molar-refractivity contribution in [1.82, 2.24) is 10.2 Å². The Morgan fingerprint density at radius 3 is 2.58 bits per heavy atom. The van der Waals surface area contributed by atoms with E-state index in [1.54, 1.807) is 19.2 Å². The number of nitrogens with one attached hydrogen (secondary N) is 1. The van der Waals surface area contributed by atoms with Gasteiger partial charge in [0.05, 0.1) is 7.11 Å². The van der Waals surface area contributed by atoms with E-state index in [0.29, 0.717) is 18.7 Å². The summed E-state index contributed by atoms with van der Waals surface area (Å²) in [6.45, 7) is 4.29. The number of hydrogen-bond acceptors (Lipinski definition) is 4. The molecule has 0 radical (unpaired) electrons. The number of amides is 2. The number of carbonyl (C=O) groups excluding carboxylic acids is 2. The summed E-state index contributed by atoms with van der Waals surface area (Å²) in [5.74, 6) is -0.494. The molecule has 31 heavy (non-hydrogen) atoms. The first kappa shape index (κ1) is 24.2. The molecule has 168 valence electrons. The number of ether oxygens (including phenoxy) is 2. The van der Waals surface area contributed by atoms with E-state index in [9.17, 15) is 14.0 Å². The van der Waals surface area contributed by atoms with Crippen LogP contribution in [0.15, 0.2) is 48.5 Å². The minimum absolute atomic E-state index is 0.00220. The molecule has 0 aliphatic rings. The van der Waals surface area contributed by atoms with E-state index in [2.05, 4.69) is 5.32 Å². The summed E-state index contributed by atoms with van der Waals surface area (Å²) >= 11 is 0. The predicted octanol–water partition coefficient (Wildman–Crippen LogP) is 3.94. The second-order valence-corrected chi connectivity index (χ2v) is 7.16. The van der Waals surface area contributed by atoms with Gasteiger partial charge in [-0.25, -0.2) is 4.39 Å². The van der Waals surface area contributed by atoms with Gasteiger partial charge in [-0.3, -0.25) is 9.59 Å². The van der Waals surface area contributed by atoms with E-state index in [0.717, 1.165) is 18.4 Å². The molecule has 0 fully saturated rings. The van der Waals surface area contributed by atoms with Crippen LogP contribution in [-0.4, -0.2) is 43.0 Å². The molecule has 2 amide bonds. The maximum atomic E-state index is 13.9. The Morgan fingerprint density at radius 1 is 1.13 bits per heavy atom. The van der Waals surface area contributed by atoms with Gasteiger partial charge in [-0.15, -0.1) is 0 Å². The fourth-order valence-electron chi connectivity index (χ4n) is 3.18. The largest absolute Gasteiger partial charge is 0.497 e. The molecule has 0 aromatic heterocycles. The molecule has 0 saturated carbocycles. The maximum absolute atomic E-state index is 13.9. The Hall–Kier alpha value is -3.09. The second-order valence-electron chi connectivity index (χ2n) is 7.16. The Labute approximate surface area is 183 Å². The fraction of sp³-hybridized carbons (Fsp3) is 0.417. The standard InChI is InChI=1S/C24H31FN2O4/c1-4-6-14-26-24(29)21(5-2)27(16-18-10-9-11-19(15-18)30-3)23(28)17-31-22-13-8-7-12-20(22)25/h7-13,15,21H,4-6,14,16-17H2,1-3H3,(H,26,29)/t21-/m1/s1. The van der Waals surface area contributed by atoms with Crippen molar-refractivity contribution < 1.29 is 23.5 Å². The quantitative estimate of drug-likeness (QED) is 0.518. The summed E-state index contributed by atoms with van der Waals surface area (Å²) < 4.78 is 24.5. The first-order valence-electron chi connectivity index (χ1n) is 10.6. The molecule has 2 aromatic rings. The molecule has 1 N–H and O–H groups in total. The SMILES string of the molecule is CCCCNC(=O)[C@@H](CC)N(Cc1cccc(OC)c1)C(=O)COc1ccccc1F. The van der Waals surface area contributed by atoms with Crippen molar-refractivity contribution in [1.29, 1.82) is 0 Å². The highest BCUT2D eigenvalue weighted by atomic mass is 19.1. The summed E-state index contributed by atoms with van der Waals surface area (Å²) in [4.78, 5) is 27.4. The molecular weight excluding hydrogens is 399 g/mol. The molecular formula is C24H31FN2O4. The van der Waals surface area contributed by atoms with E-state index in [-0.39, 0.29) is 24.8 Å². The number of halogens is 1. The Balaban J connectivity index is 2.21. The van der Waals surface area contributed by atoms with Crippen LogP contribution < -0.4 is 14.8 Å². The molecule has 2 aromatic carbocycles. The third-order valence-corrected chi connectivity index (χ3v) is 4.89. The van der Waals surface area contributed by atoms with E-state index in [4.69, 9.17) is 9.47 Å². The number of rotatable bonds is 12. The van der Waals surface area contributed by atoms with Crippen LogP contribution in [0.5, 0.6) is 11.5 Å². The van der Waals surface area contributed by atoms with Crippen LogP contribution in [0.1, 0.15) is 38.7 Å². The van der Waals surface area contributed by atoms with Crippen LogP contribution in [-0.2, 0) is 16.1 Å². The van der Waals surface area contributed by atoms with Crippen LogP contribution >= 0.6 is 0 Å². The van der Waals surface area contributed by atoms with E-state index < -0.39 is 17.8 Å². The summed E-state index contributed by atoms with van der Waals surface area (Å²) in [7, 11) is 1.57. The highest BCUT2D eigenvalue weighted by Gasteiger charge is 2.29. The molecule has 0 spiro atoms. The minimum Gasteiger partial charge on any atom is -0.497 e. The maximum Gasteiger partial charge on any atom is 0.261 e. The molecule has 6 nitrogen and oxygen atoms in total. The first-order chi connectivity index (χ1) is 15.0. The van der Waals surface area contributed by atoms with Gasteiger partial charge in [0, 0.05) is 13.1 Å². The highest BCUT2D eigenvalue weighted by molar-refractivity contribution is 5.88. The molecule has 2 rings (SSSR count). The first-order valence-corrected chi connectivity index (χ1v) is 10.6. The molecule has 0 heterocycles. The number of carbonyl (C=O) groups is 2. The lowest BCUT2D eigenvalue weighted by Crippen LogP contribution is -2.50. The summed E-state index contributed by atoms with van der Waals surface area (Å²) in [6.07, 6.45) is 2.26. The monoisotopic (exact) mass is 430 g/mol. The van der Waals surface area contributed by atoms with E-state index >= 15 is 0 Å². The zero-order chi connectivity index (χ0) is 22.6. The van der Waals surface area contributed by atoms with Gasteiger partial charge in [-0.05, 0) is 42.7 Å². The number of nitrogens with zero attached hydrogens (tertiary/aromatic N) is 1. The molecule has 7 heteroatoms. The van der Waals surface area contributed by atoms with Gasteiger partial charge < -0.3 is 19.7 Å². The minimum atomic E-state index is -0.667. The molecule has 1 atom stereocenters.